The van der Waals surface area contributed by atoms with Crippen molar-refractivity contribution in [2.45, 2.75) is 6.54 Å². The Hall–Kier alpha value is -1.30. The van der Waals surface area contributed by atoms with Crippen molar-refractivity contribution in [3.05, 3.63) is 23.8 Å². The molecule has 0 aliphatic carbocycles. The van der Waals surface area contributed by atoms with Crippen LogP contribution in [0.2, 0.25) is 0 Å². The molecule has 0 spiro atoms. The minimum Gasteiger partial charge on any atom is -0.508 e. The smallest absolute Gasteiger partial charge is 0.120 e. The molecular formula is C15H26N4O. The van der Waals surface area contributed by atoms with E-state index in [1.54, 1.807) is 12.1 Å². The van der Waals surface area contributed by atoms with Crippen LogP contribution < -0.4 is 5.73 Å². The van der Waals surface area contributed by atoms with Crippen molar-refractivity contribution in [3.63, 3.8) is 0 Å². The third-order valence-electron chi connectivity index (χ3n) is 3.83. The quantitative estimate of drug-likeness (QED) is 0.612. The second-order valence-electron chi connectivity index (χ2n) is 5.81. The Morgan fingerprint density at radius 2 is 1.80 bits per heavy atom. The molecule has 20 heavy (non-hydrogen) atoms. The summed E-state index contributed by atoms with van der Waals surface area (Å²) in [5.41, 5.74) is 7.41. The Morgan fingerprint density at radius 3 is 2.45 bits per heavy atom. The van der Waals surface area contributed by atoms with E-state index in [0.717, 1.165) is 51.4 Å². The molecule has 1 aliphatic rings. The fraction of sp³-hybridized carbons (Fsp3) is 0.600. The van der Waals surface area contributed by atoms with Crippen molar-refractivity contribution >= 4 is 5.69 Å². The van der Waals surface area contributed by atoms with Gasteiger partial charge >= 0.3 is 0 Å². The van der Waals surface area contributed by atoms with E-state index in [0.29, 0.717) is 11.4 Å². The average molecular weight is 278 g/mol. The second kappa shape index (κ2) is 6.92. The fourth-order valence-electron chi connectivity index (χ4n) is 2.49. The number of aromatic hydroxyl groups is 1. The molecule has 0 aromatic heterocycles. The monoisotopic (exact) mass is 278 g/mol. The molecule has 5 heteroatoms. The molecule has 1 aromatic rings. The maximum atomic E-state index is 9.86. The molecule has 0 amide bonds. The number of nitrogens with two attached hydrogens (primary N) is 1. The Labute approximate surface area is 121 Å². The maximum absolute atomic E-state index is 9.86. The Bertz CT molecular complexity index is 428. The van der Waals surface area contributed by atoms with E-state index < -0.39 is 0 Å². The predicted octanol–water partition coefficient (Wildman–Crippen LogP) is 0.654. The lowest BCUT2D eigenvalue weighted by atomic mass is 10.1. The number of nitrogens with zero attached hydrogens (tertiary/aromatic N) is 3. The van der Waals surface area contributed by atoms with Crippen LogP contribution in [0.5, 0.6) is 5.75 Å². The van der Waals surface area contributed by atoms with E-state index >= 15 is 0 Å². The molecule has 5 nitrogen and oxygen atoms in total. The Kier molecular flexibility index (Phi) is 5.23. The second-order valence-corrected chi connectivity index (χ2v) is 5.81. The van der Waals surface area contributed by atoms with Crippen LogP contribution in [-0.4, -0.2) is 73.2 Å². The lowest BCUT2D eigenvalue weighted by molar-refractivity contribution is 0.120. The van der Waals surface area contributed by atoms with Gasteiger partial charge < -0.3 is 15.7 Å². The lowest BCUT2D eigenvalue weighted by Gasteiger charge is -2.35. The van der Waals surface area contributed by atoms with Crippen LogP contribution in [-0.2, 0) is 6.54 Å². The molecule has 0 radical (unpaired) electrons. The van der Waals surface area contributed by atoms with E-state index in [1.807, 2.05) is 6.07 Å². The molecular weight excluding hydrogens is 252 g/mol. The molecule has 1 saturated heterocycles. The van der Waals surface area contributed by atoms with E-state index in [9.17, 15) is 5.11 Å². The summed E-state index contributed by atoms with van der Waals surface area (Å²) in [4.78, 5) is 7.09. The van der Waals surface area contributed by atoms with Crippen LogP contribution in [0.4, 0.5) is 5.69 Å². The largest absolute Gasteiger partial charge is 0.508 e. The van der Waals surface area contributed by atoms with Gasteiger partial charge in [-0.3, -0.25) is 9.80 Å². The molecule has 2 rings (SSSR count). The summed E-state index contributed by atoms with van der Waals surface area (Å²) < 4.78 is 0. The van der Waals surface area contributed by atoms with Crippen molar-refractivity contribution in [1.29, 1.82) is 0 Å². The summed E-state index contributed by atoms with van der Waals surface area (Å²) in [7, 11) is 4.22. The summed E-state index contributed by atoms with van der Waals surface area (Å²) in [6.45, 7) is 7.29. The SMILES string of the molecule is CN(C)CCN1CCN(Cc2cc(N)ccc2O)CC1. The highest BCUT2D eigenvalue weighted by atomic mass is 16.3. The number of hydrogen-bond donors (Lipinski definition) is 2. The van der Waals surface area contributed by atoms with Crippen LogP contribution in [0.15, 0.2) is 18.2 Å². The van der Waals surface area contributed by atoms with Gasteiger partial charge in [0.15, 0.2) is 0 Å². The lowest BCUT2D eigenvalue weighted by Crippen LogP contribution is -2.47. The van der Waals surface area contributed by atoms with Crippen molar-refractivity contribution in [1.82, 2.24) is 14.7 Å². The van der Waals surface area contributed by atoms with Gasteiger partial charge in [0.1, 0.15) is 5.75 Å². The molecule has 1 heterocycles. The van der Waals surface area contributed by atoms with Crippen LogP contribution >= 0.6 is 0 Å². The van der Waals surface area contributed by atoms with E-state index in [-0.39, 0.29) is 0 Å². The van der Waals surface area contributed by atoms with Crippen molar-refractivity contribution < 1.29 is 5.11 Å². The van der Waals surface area contributed by atoms with Gasteiger partial charge in [-0.15, -0.1) is 0 Å². The number of likely N-dealkylation sites (N-methyl/N-ethyl adjacent to an activating group) is 1. The molecule has 1 aromatic carbocycles. The van der Waals surface area contributed by atoms with Gasteiger partial charge in [-0.2, -0.15) is 0 Å². The molecule has 0 atom stereocenters. The molecule has 3 N–H and O–H groups in total. The van der Waals surface area contributed by atoms with E-state index in [4.69, 9.17) is 5.73 Å². The van der Waals surface area contributed by atoms with Gasteiger partial charge in [0.2, 0.25) is 0 Å². The zero-order valence-corrected chi connectivity index (χ0v) is 12.5. The molecule has 0 bridgehead atoms. The number of rotatable bonds is 5. The van der Waals surface area contributed by atoms with Gasteiger partial charge in [-0.1, -0.05) is 0 Å². The number of nitrogen functional groups attached to an aromatic ring is 1. The summed E-state index contributed by atoms with van der Waals surface area (Å²) in [6, 6.07) is 5.28. The molecule has 1 fully saturated rings. The van der Waals surface area contributed by atoms with Crippen molar-refractivity contribution in [2.24, 2.45) is 0 Å². The fourth-order valence-corrected chi connectivity index (χ4v) is 2.49. The van der Waals surface area contributed by atoms with Gasteiger partial charge in [-0.05, 0) is 32.3 Å². The van der Waals surface area contributed by atoms with E-state index in [2.05, 4.69) is 28.8 Å². The highest BCUT2D eigenvalue weighted by Gasteiger charge is 2.17. The third-order valence-corrected chi connectivity index (χ3v) is 3.83. The zero-order valence-electron chi connectivity index (χ0n) is 12.5. The minimum atomic E-state index is 0.342. The Morgan fingerprint density at radius 1 is 1.15 bits per heavy atom. The van der Waals surface area contributed by atoms with Gasteiger partial charge in [-0.25, -0.2) is 0 Å². The number of phenols is 1. The maximum Gasteiger partial charge on any atom is 0.120 e. The van der Waals surface area contributed by atoms with Gasteiger partial charge in [0.05, 0.1) is 0 Å². The first kappa shape index (κ1) is 15.1. The van der Waals surface area contributed by atoms with Crippen molar-refractivity contribution in [3.8, 4) is 5.75 Å². The number of phenolic OH excluding ortho intramolecular Hbond substituents is 1. The number of hydrogen-bond acceptors (Lipinski definition) is 5. The molecule has 0 unspecified atom stereocenters. The third kappa shape index (κ3) is 4.37. The highest BCUT2D eigenvalue weighted by Crippen LogP contribution is 2.21. The van der Waals surface area contributed by atoms with Crippen LogP contribution in [0.25, 0.3) is 0 Å². The van der Waals surface area contributed by atoms with Crippen LogP contribution in [0, 0.1) is 0 Å². The van der Waals surface area contributed by atoms with Gasteiger partial charge in [0.25, 0.3) is 0 Å². The summed E-state index contributed by atoms with van der Waals surface area (Å²) in [6.07, 6.45) is 0. The normalized spacial score (nSPS) is 17.8. The van der Waals surface area contributed by atoms with Crippen LogP contribution in [0.1, 0.15) is 5.56 Å². The number of benzene rings is 1. The summed E-state index contributed by atoms with van der Waals surface area (Å²) in [5, 5.41) is 9.86. The molecule has 1 aliphatic heterocycles. The first-order valence-electron chi connectivity index (χ1n) is 7.21. The zero-order chi connectivity index (χ0) is 14.5. The van der Waals surface area contributed by atoms with Crippen LogP contribution in [0.3, 0.4) is 0 Å². The summed E-state index contributed by atoms with van der Waals surface area (Å²) in [5.74, 6) is 0.342. The topological polar surface area (TPSA) is 56.0 Å². The number of anilines is 1. The van der Waals surface area contributed by atoms with E-state index in [1.165, 1.54) is 0 Å². The number of piperazine rings is 1. The minimum absolute atomic E-state index is 0.342. The first-order chi connectivity index (χ1) is 9.54. The standard InChI is InChI=1S/C15H26N4O/c1-17(2)5-6-18-7-9-19(10-8-18)12-13-11-14(16)3-4-15(13)20/h3-4,11,20H,5-10,12,16H2,1-2H3. The highest BCUT2D eigenvalue weighted by molar-refractivity contribution is 5.47. The molecule has 112 valence electrons. The summed E-state index contributed by atoms with van der Waals surface area (Å²) >= 11 is 0. The predicted molar refractivity (Wildman–Crippen MR) is 82.8 cm³/mol. The average Bonchev–Trinajstić information content (AvgIpc) is 2.42. The Balaban J connectivity index is 1.81. The van der Waals surface area contributed by atoms with Crippen molar-refractivity contribution in [2.75, 3.05) is 59.1 Å². The molecule has 0 saturated carbocycles. The van der Waals surface area contributed by atoms with Gasteiger partial charge in [0, 0.05) is 57.1 Å². The first-order valence-corrected chi connectivity index (χ1v) is 7.21.